The van der Waals surface area contributed by atoms with Gasteiger partial charge in [0.15, 0.2) is 0 Å². The van der Waals surface area contributed by atoms with E-state index < -0.39 is 8.32 Å². The third-order valence-corrected chi connectivity index (χ3v) is 14.8. The third kappa shape index (κ3) is 6.28. The molecule has 43 heavy (non-hydrogen) atoms. The van der Waals surface area contributed by atoms with Gasteiger partial charge in [0.2, 0.25) is 0 Å². The Morgan fingerprint density at radius 1 is 0.860 bits per heavy atom. The number of halogens is 2. The first-order valence-electron chi connectivity index (χ1n) is 15.5. The summed E-state index contributed by atoms with van der Waals surface area (Å²) >= 11 is 13.0. The summed E-state index contributed by atoms with van der Waals surface area (Å²) in [6, 6.07) is 21.9. The van der Waals surface area contributed by atoms with Gasteiger partial charge in [-0.1, -0.05) is 122 Å². The van der Waals surface area contributed by atoms with E-state index >= 15 is 0 Å². The van der Waals surface area contributed by atoms with Crippen LogP contribution in [-0.4, -0.2) is 25.1 Å². The maximum absolute atomic E-state index is 7.27. The lowest BCUT2D eigenvalue weighted by molar-refractivity contribution is 0.186. The van der Waals surface area contributed by atoms with Crippen molar-refractivity contribution in [3.63, 3.8) is 0 Å². The highest BCUT2D eigenvalue weighted by Gasteiger charge is 2.50. The van der Waals surface area contributed by atoms with Crippen LogP contribution in [0.25, 0.3) is 17.3 Å². The molecule has 224 valence electrons. The molecule has 4 nitrogen and oxygen atoms in total. The highest BCUT2D eigenvalue weighted by molar-refractivity contribution is 6.99. The number of rotatable bonds is 9. The van der Waals surface area contributed by atoms with Gasteiger partial charge < -0.3 is 8.95 Å². The molecule has 0 unspecified atom stereocenters. The zero-order chi connectivity index (χ0) is 30.0. The molecule has 7 heteroatoms. The molecule has 0 N–H and O–H groups in total. The molecule has 6 rings (SSSR count). The Kier molecular flexibility index (Phi) is 8.98. The Morgan fingerprint density at radius 2 is 1.44 bits per heavy atom. The average molecular weight is 632 g/mol. The monoisotopic (exact) mass is 630 g/mol. The molecule has 4 aromatic rings. The molecule has 0 atom stereocenters. The summed E-state index contributed by atoms with van der Waals surface area (Å²) in [4.78, 5) is 4.11. The van der Waals surface area contributed by atoms with Crippen LogP contribution >= 0.6 is 23.2 Å². The minimum atomic E-state index is -2.52. The molecule has 2 aromatic heterocycles. The molecule has 0 amide bonds. The first kappa shape index (κ1) is 30.3. The van der Waals surface area contributed by atoms with Crippen molar-refractivity contribution in [2.75, 3.05) is 6.61 Å². The fraction of sp³-hybridized carbons (Fsp3) is 0.389. The first-order chi connectivity index (χ1) is 20.8. The summed E-state index contributed by atoms with van der Waals surface area (Å²) < 4.78 is 13.1. The second-order valence-corrected chi connectivity index (χ2v) is 18.3. The molecule has 0 radical (unpaired) electrons. The molecule has 2 fully saturated rings. The number of aromatic nitrogens is 2. The fourth-order valence-corrected chi connectivity index (χ4v) is 11.9. The number of benzene rings is 2. The first-order valence-corrected chi connectivity index (χ1v) is 18.2. The summed E-state index contributed by atoms with van der Waals surface area (Å²) in [6.45, 7) is 7.84. The minimum Gasteiger partial charge on any atom is -0.407 e. The topological polar surface area (TPSA) is 48.2 Å². The highest BCUT2D eigenvalue weighted by atomic mass is 35.5. The van der Waals surface area contributed by atoms with E-state index in [1.807, 2.05) is 0 Å². The number of nitrogens with zero attached hydrogens (tertiary/aromatic N) is 2. The van der Waals surface area contributed by atoms with E-state index in [4.69, 9.17) is 32.2 Å². The van der Waals surface area contributed by atoms with Crippen molar-refractivity contribution in [1.82, 2.24) is 10.1 Å². The summed E-state index contributed by atoms with van der Waals surface area (Å²) in [6.07, 6.45) is 14.6. The standard InChI is InChI=1S/C36H40Cl2N2O2Si/c1-36(2,3)43(28-10-6-4-7-11-28,29-12-8-5-9-13-29)41-24-26-16-14-25(15-17-26)18-21-30-34(40-42-35(30)27-19-20-27)33-31(37)22-39-23-32(33)38/h4-13,18,21-23,25-27H,14-17,19-20,24H2,1-3H3/b21-18+. The van der Waals surface area contributed by atoms with Crippen molar-refractivity contribution in [3.05, 3.63) is 101 Å². The van der Waals surface area contributed by atoms with Crippen molar-refractivity contribution in [1.29, 1.82) is 0 Å². The fourth-order valence-electron chi connectivity index (χ4n) is 6.71. The predicted molar refractivity (Wildman–Crippen MR) is 180 cm³/mol. The Balaban J connectivity index is 1.17. The average Bonchev–Trinajstić information content (AvgIpc) is 3.77. The van der Waals surface area contributed by atoms with Crippen LogP contribution in [0.2, 0.25) is 15.1 Å². The molecule has 0 aliphatic heterocycles. The molecule has 0 spiro atoms. The van der Waals surface area contributed by atoms with Crippen LogP contribution in [0.1, 0.15) is 76.5 Å². The number of pyridine rings is 1. The molecule has 0 bridgehead atoms. The maximum atomic E-state index is 7.27. The molecule has 2 aromatic carbocycles. The Bertz CT molecular complexity index is 1490. The summed E-state index contributed by atoms with van der Waals surface area (Å²) in [5.74, 6) is 2.42. The molecular formula is C36H40Cl2N2O2Si. The van der Waals surface area contributed by atoms with E-state index in [2.05, 4.69) is 104 Å². The second kappa shape index (κ2) is 12.7. The van der Waals surface area contributed by atoms with Crippen LogP contribution in [0.4, 0.5) is 0 Å². The lowest BCUT2D eigenvalue weighted by atomic mass is 9.82. The molecular weight excluding hydrogens is 591 g/mol. The van der Waals surface area contributed by atoms with E-state index in [-0.39, 0.29) is 5.04 Å². The van der Waals surface area contributed by atoms with Gasteiger partial charge in [0.1, 0.15) is 11.5 Å². The number of hydrogen-bond acceptors (Lipinski definition) is 4. The van der Waals surface area contributed by atoms with Gasteiger partial charge in [-0.25, -0.2) is 0 Å². The lowest BCUT2D eigenvalue weighted by Crippen LogP contribution is -2.66. The van der Waals surface area contributed by atoms with Gasteiger partial charge in [-0.05, 0) is 65.8 Å². The van der Waals surface area contributed by atoms with Crippen molar-refractivity contribution >= 4 is 48.0 Å². The van der Waals surface area contributed by atoms with Crippen molar-refractivity contribution in [3.8, 4) is 11.3 Å². The van der Waals surface area contributed by atoms with Gasteiger partial charge in [0.25, 0.3) is 8.32 Å². The van der Waals surface area contributed by atoms with Gasteiger partial charge in [0.05, 0.1) is 10.0 Å². The zero-order valence-corrected chi connectivity index (χ0v) is 27.7. The van der Waals surface area contributed by atoms with E-state index in [1.54, 1.807) is 12.4 Å². The predicted octanol–water partition coefficient (Wildman–Crippen LogP) is 9.32. The Hall–Kier alpha value is -2.70. The SMILES string of the molecule is CC(C)(C)[Si](OCC1CCC(/C=C/c2c(-c3c(Cl)cncc3Cl)noc2C2CC2)CC1)(c1ccccc1)c1ccccc1. The van der Waals surface area contributed by atoms with Gasteiger partial charge in [0, 0.05) is 36.0 Å². The van der Waals surface area contributed by atoms with Crippen LogP contribution in [0.3, 0.4) is 0 Å². The summed E-state index contributed by atoms with van der Waals surface area (Å²) in [7, 11) is -2.52. The minimum absolute atomic E-state index is 0.00808. The normalized spacial score (nSPS) is 19.7. The third-order valence-electron chi connectivity index (χ3n) is 9.17. The summed E-state index contributed by atoms with van der Waals surface area (Å²) in [5, 5.41) is 8.08. The van der Waals surface area contributed by atoms with Crippen molar-refractivity contribution in [2.24, 2.45) is 11.8 Å². The Labute approximate surface area is 266 Å². The van der Waals surface area contributed by atoms with Crippen molar-refractivity contribution < 1.29 is 8.95 Å². The molecule has 2 saturated carbocycles. The second-order valence-electron chi connectivity index (χ2n) is 13.2. The largest absolute Gasteiger partial charge is 0.407 e. The zero-order valence-electron chi connectivity index (χ0n) is 25.2. The number of allylic oxidation sites excluding steroid dienone is 1. The molecule has 2 aliphatic rings. The van der Waals surface area contributed by atoms with Crippen LogP contribution < -0.4 is 10.4 Å². The molecule has 0 saturated heterocycles. The van der Waals surface area contributed by atoms with E-state index in [0.717, 1.165) is 56.5 Å². The van der Waals surface area contributed by atoms with Gasteiger partial charge in [-0.2, -0.15) is 0 Å². The molecule has 2 heterocycles. The van der Waals surface area contributed by atoms with Gasteiger partial charge in [-0.3, -0.25) is 4.98 Å². The highest BCUT2D eigenvalue weighted by Crippen LogP contribution is 2.46. The van der Waals surface area contributed by atoms with Gasteiger partial charge in [-0.15, -0.1) is 0 Å². The van der Waals surface area contributed by atoms with Crippen LogP contribution in [-0.2, 0) is 4.43 Å². The Morgan fingerprint density at radius 3 is 1.98 bits per heavy atom. The van der Waals surface area contributed by atoms with E-state index in [1.165, 1.54) is 10.4 Å². The van der Waals surface area contributed by atoms with E-state index in [9.17, 15) is 0 Å². The van der Waals surface area contributed by atoms with Crippen LogP contribution in [0.15, 0.2) is 83.7 Å². The lowest BCUT2D eigenvalue weighted by Gasteiger charge is -2.44. The molecule has 2 aliphatic carbocycles. The van der Waals surface area contributed by atoms with Crippen LogP contribution in [0.5, 0.6) is 0 Å². The van der Waals surface area contributed by atoms with Crippen LogP contribution in [0, 0.1) is 11.8 Å². The van der Waals surface area contributed by atoms with Gasteiger partial charge >= 0.3 is 0 Å². The summed E-state index contributed by atoms with van der Waals surface area (Å²) in [5.41, 5.74) is 2.41. The van der Waals surface area contributed by atoms with E-state index in [0.29, 0.717) is 39.1 Å². The number of hydrogen-bond donors (Lipinski definition) is 0. The quantitative estimate of drug-likeness (QED) is 0.173. The van der Waals surface area contributed by atoms with Crippen molar-refractivity contribution in [2.45, 2.75) is 70.3 Å². The smallest absolute Gasteiger partial charge is 0.261 e. The maximum Gasteiger partial charge on any atom is 0.261 e.